The fourth-order valence-electron chi connectivity index (χ4n) is 3.44. The van der Waals surface area contributed by atoms with Gasteiger partial charge in [-0.1, -0.05) is 60.7 Å². The van der Waals surface area contributed by atoms with Gasteiger partial charge in [-0.3, -0.25) is 9.59 Å². The summed E-state index contributed by atoms with van der Waals surface area (Å²) in [4.78, 5) is 46.5. The van der Waals surface area contributed by atoms with E-state index in [9.17, 15) is 19.2 Å². The molecule has 200 valence electrons. The molecule has 3 amide bonds. The number of nitrogens with one attached hydrogen (secondary N) is 2. The zero-order valence-corrected chi connectivity index (χ0v) is 20.8. The molecule has 3 rings (SSSR count). The van der Waals surface area contributed by atoms with Gasteiger partial charge in [0, 0.05) is 20.5 Å². The quantitative estimate of drug-likeness (QED) is 0.369. The van der Waals surface area contributed by atoms with E-state index >= 15 is 0 Å². The molecule has 11 nitrogen and oxygen atoms in total. The molecule has 1 aliphatic rings. The number of carbonyl (C=O) groups is 4. The first-order valence-corrected chi connectivity index (χ1v) is 11.7. The van der Waals surface area contributed by atoms with Crippen LogP contribution in [-0.2, 0) is 32.1 Å². The molecule has 0 aliphatic carbocycles. The van der Waals surface area contributed by atoms with Crippen LogP contribution >= 0.6 is 0 Å². The van der Waals surface area contributed by atoms with Crippen LogP contribution in [0.15, 0.2) is 60.7 Å². The molecule has 1 saturated heterocycles. The standard InChI is InChI=1S/C19H19NO4.C7H14N2O4/c21-18-16(11-14-7-3-1-4-8-14)17(13-23-18)20-19(22)24-12-15-9-5-2-6-10-15;1-9(2)6(11)3-5(4-10)8-7(12)13/h1-10,16-17H,11-13H2,(H,20,22);5,8,10H,3-4H2,1-2H3,(H,12,13)/t16-,17-;/m1./s1. The van der Waals surface area contributed by atoms with Crippen LogP contribution in [0.25, 0.3) is 0 Å². The Morgan fingerprint density at radius 1 is 1.05 bits per heavy atom. The van der Waals surface area contributed by atoms with Gasteiger partial charge >= 0.3 is 18.2 Å². The SMILES string of the molecule is CN(C)C(=O)CC(CO)NC(=O)O.O=C(N[C@@H]1COC(=O)[C@@H]1Cc1ccccc1)OCc1ccccc1. The van der Waals surface area contributed by atoms with Crippen molar-refractivity contribution in [3.05, 3.63) is 71.8 Å². The summed E-state index contributed by atoms with van der Waals surface area (Å²) in [5, 5.41) is 21.8. The third-order valence-electron chi connectivity index (χ3n) is 5.48. The van der Waals surface area contributed by atoms with Crippen LogP contribution < -0.4 is 10.6 Å². The van der Waals surface area contributed by atoms with Gasteiger partial charge < -0.3 is 35.2 Å². The summed E-state index contributed by atoms with van der Waals surface area (Å²) in [7, 11) is 3.13. The van der Waals surface area contributed by atoms with E-state index in [0.29, 0.717) is 6.42 Å². The number of cyclic esters (lactones) is 1. The summed E-state index contributed by atoms with van der Waals surface area (Å²) in [6, 6.07) is 18.0. The molecule has 37 heavy (non-hydrogen) atoms. The number of amides is 3. The van der Waals surface area contributed by atoms with Crippen molar-refractivity contribution in [2.45, 2.75) is 31.5 Å². The highest BCUT2D eigenvalue weighted by molar-refractivity contribution is 5.78. The summed E-state index contributed by atoms with van der Waals surface area (Å²) in [5.74, 6) is -0.906. The molecule has 11 heteroatoms. The zero-order valence-electron chi connectivity index (χ0n) is 20.8. The van der Waals surface area contributed by atoms with Crippen molar-refractivity contribution in [2.75, 3.05) is 27.3 Å². The maximum Gasteiger partial charge on any atom is 0.407 e. The molecule has 0 bridgehead atoms. The lowest BCUT2D eigenvalue weighted by molar-refractivity contribution is -0.141. The normalized spacial score (nSPS) is 16.9. The van der Waals surface area contributed by atoms with E-state index < -0.39 is 24.1 Å². The van der Waals surface area contributed by atoms with Crippen molar-refractivity contribution in [3.63, 3.8) is 0 Å². The third-order valence-corrected chi connectivity index (χ3v) is 5.48. The average molecular weight is 516 g/mol. The molecular weight excluding hydrogens is 482 g/mol. The number of ether oxygens (including phenoxy) is 2. The fourth-order valence-corrected chi connectivity index (χ4v) is 3.44. The van der Waals surface area contributed by atoms with Crippen molar-refractivity contribution in [3.8, 4) is 0 Å². The van der Waals surface area contributed by atoms with Gasteiger partial charge in [0.2, 0.25) is 5.91 Å². The number of aliphatic hydroxyl groups excluding tert-OH is 1. The molecule has 0 spiro atoms. The minimum atomic E-state index is -1.24. The fraction of sp³-hybridized carbons (Fsp3) is 0.385. The van der Waals surface area contributed by atoms with E-state index in [-0.39, 0.29) is 44.2 Å². The Hall–Kier alpha value is -4.12. The molecule has 1 unspecified atom stereocenters. The van der Waals surface area contributed by atoms with Gasteiger partial charge in [0.15, 0.2) is 0 Å². The smallest absolute Gasteiger partial charge is 0.407 e. The number of nitrogens with zero attached hydrogens (tertiary/aromatic N) is 1. The second-order valence-corrected chi connectivity index (χ2v) is 8.56. The first-order chi connectivity index (χ1) is 17.7. The zero-order chi connectivity index (χ0) is 27.2. The molecule has 1 aliphatic heterocycles. The molecule has 3 atom stereocenters. The number of hydrogen-bond donors (Lipinski definition) is 4. The minimum absolute atomic E-state index is 0.0319. The van der Waals surface area contributed by atoms with Gasteiger partial charge in [-0.25, -0.2) is 9.59 Å². The predicted octanol–water partition coefficient (Wildman–Crippen LogP) is 1.79. The van der Waals surface area contributed by atoms with Gasteiger partial charge in [-0.2, -0.15) is 0 Å². The van der Waals surface area contributed by atoms with Crippen molar-refractivity contribution in [1.29, 1.82) is 0 Å². The van der Waals surface area contributed by atoms with E-state index in [1.165, 1.54) is 4.90 Å². The molecule has 1 heterocycles. The monoisotopic (exact) mass is 515 g/mol. The lowest BCUT2D eigenvalue weighted by atomic mass is 9.94. The number of benzene rings is 2. The van der Waals surface area contributed by atoms with Gasteiger partial charge in [0.25, 0.3) is 0 Å². The van der Waals surface area contributed by atoms with E-state index in [1.54, 1.807) is 14.1 Å². The summed E-state index contributed by atoms with van der Waals surface area (Å²) in [6.45, 7) is -0.0137. The summed E-state index contributed by atoms with van der Waals surface area (Å²) >= 11 is 0. The average Bonchev–Trinajstić information content (AvgIpc) is 3.22. The molecule has 0 saturated carbocycles. The number of esters is 1. The van der Waals surface area contributed by atoms with Crippen LogP contribution in [0.4, 0.5) is 9.59 Å². The first kappa shape index (κ1) is 29.1. The van der Waals surface area contributed by atoms with Crippen LogP contribution in [0.1, 0.15) is 17.5 Å². The van der Waals surface area contributed by atoms with Crippen molar-refractivity contribution in [1.82, 2.24) is 15.5 Å². The van der Waals surface area contributed by atoms with E-state index in [0.717, 1.165) is 11.1 Å². The Balaban J connectivity index is 0.000000317. The van der Waals surface area contributed by atoms with E-state index in [1.807, 2.05) is 66.0 Å². The Morgan fingerprint density at radius 2 is 1.65 bits per heavy atom. The molecule has 0 aromatic heterocycles. The summed E-state index contributed by atoms with van der Waals surface area (Å²) in [6.07, 6.45) is -1.29. The number of aliphatic hydroxyl groups is 1. The topological polar surface area (TPSA) is 154 Å². The second-order valence-electron chi connectivity index (χ2n) is 8.56. The summed E-state index contributed by atoms with van der Waals surface area (Å²) < 4.78 is 10.3. The van der Waals surface area contributed by atoms with Crippen LogP contribution in [-0.4, -0.2) is 78.6 Å². The maximum atomic E-state index is 12.0. The molecule has 1 fully saturated rings. The number of rotatable bonds is 9. The molecule has 4 N–H and O–H groups in total. The van der Waals surface area contributed by atoms with Crippen molar-refractivity contribution in [2.24, 2.45) is 5.92 Å². The van der Waals surface area contributed by atoms with Crippen molar-refractivity contribution >= 4 is 24.1 Å². The Kier molecular flexibility index (Phi) is 11.9. The van der Waals surface area contributed by atoms with Crippen LogP contribution in [0.3, 0.4) is 0 Å². The van der Waals surface area contributed by atoms with Gasteiger partial charge in [-0.15, -0.1) is 0 Å². The molecule has 2 aromatic carbocycles. The largest absolute Gasteiger partial charge is 0.465 e. The lowest BCUT2D eigenvalue weighted by Crippen LogP contribution is -2.41. The third kappa shape index (κ3) is 10.6. The van der Waals surface area contributed by atoms with Gasteiger partial charge in [0.05, 0.1) is 24.6 Å². The lowest BCUT2D eigenvalue weighted by Gasteiger charge is -2.17. The van der Waals surface area contributed by atoms with Crippen LogP contribution in [0.2, 0.25) is 0 Å². The Bertz CT molecular complexity index is 1020. The number of hydrogen-bond acceptors (Lipinski definition) is 7. The number of carboxylic acid groups (broad SMARTS) is 1. The van der Waals surface area contributed by atoms with Crippen LogP contribution in [0.5, 0.6) is 0 Å². The van der Waals surface area contributed by atoms with Crippen LogP contribution in [0, 0.1) is 5.92 Å². The van der Waals surface area contributed by atoms with E-state index in [4.69, 9.17) is 19.7 Å². The maximum absolute atomic E-state index is 12.0. The number of carbonyl (C=O) groups excluding carboxylic acids is 3. The highest BCUT2D eigenvalue weighted by Crippen LogP contribution is 2.21. The second kappa shape index (κ2) is 15.1. The van der Waals surface area contributed by atoms with Crippen molar-refractivity contribution < 1.29 is 38.9 Å². The molecule has 2 aromatic rings. The number of alkyl carbamates (subject to hydrolysis) is 1. The van der Waals surface area contributed by atoms with Gasteiger partial charge in [0.1, 0.15) is 13.2 Å². The first-order valence-electron chi connectivity index (χ1n) is 11.7. The molecular formula is C26H33N3O8. The minimum Gasteiger partial charge on any atom is -0.465 e. The Labute approximate surface area is 215 Å². The highest BCUT2D eigenvalue weighted by Gasteiger charge is 2.38. The summed E-state index contributed by atoms with van der Waals surface area (Å²) in [5.41, 5.74) is 1.94. The Morgan fingerprint density at radius 3 is 2.19 bits per heavy atom. The molecule has 0 radical (unpaired) electrons. The van der Waals surface area contributed by atoms with Gasteiger partial charge in [-0.05, 0) is 17.5 Å². The highest BCUT2D eigenvalue weighted by atomic mass is 16.6. The predicted molar refractivity (Wildman–Crippen MR) is 133 cm³/mol. The van der Waals surface area contributed by atoms with E-state index in [2.05, 4.69) is 5.32 Å².